The first-order chi connectivity index (χ1) is 11.2. The number of rotatable bonds is 4. The Morgan fingerprint density at radius 3 is 2.46 bits per heavy atom. The fraction of sp³-hybridized carbons (Fsp3) is 0.188. The van der Waals surface area contributed by atoms with Crippen molar-refractivity contribution in [3.05, 3.63) is 46.1 Å². The predicted molar refractivity (Wildman–Crippen MR) is 88.8 cm³/mol. The Labute approximate surface area is 146 Å². The number of nitrogens with one attached hydrogen (secondary N) is 1. The van der Waals surface area contributed by atoms with Gasteiger partial charge in [-0.3, -0.25) is 0 Å². The summed E-state index contributed by atoms with van der Waals surface area (Å²) in [5.41, 5.74) is 0.748. The van der Waals surface area contributed by atoms with E-state index in [1.807, 2.05) is 0 Å². The fourth-order valence-corrected chi connectivity index (χ4v) is 2.25. The lowest BCUT2D eigenvalue weighted by Crippen LogP contribution is -2.42. The van der Waals surface area contributed by atoms with Gasteiger partial charge in [0.05, 0.1) is 0 Å². The van der Waals surface area contributed by atoms with Gasteiger partial charge in [0.15, 0.2) is 5.57 Å². The molecule has 24 heavy (non-hydrogen) atoms. The molecule has 1 aliphatic rings. The van der Waals surface area contributed by atoms with Crippen LogP contribution in [0.5, 0.6) is 0 Å². The standard InChI is InChI=1S/C16H14BrNO6/c1-16(2)23-14(21)11(15(22)24-16)8-18-12-7-10(17)5-3-9(12)4-6-13(19)20/h3-8,18H,1-2H3,(H,19,20). The van der Waals surface area contributed by atoms with E-state index in [-0.39, 0.29) is 5.57 Å². The molecule has 1 aromatic rings. The van der Waals surface area contributed by atoms with Crippen LogP contribution in [0, 0.1) is 0 Å². The molecule has 0 saturated carbocycles. The first-order valence-electron chi connectivity index (χ1n) is 6.82. The summed E-state index contributed by atoms with van der Waals surface area (Å²) < 4.78 is 10.7. The van der Waals surface area contributed by atoms with Crippen molar-refractivity contribution in [2.45, 2.75) is 19.6 Å². The Morgan fingerprint density at radius 1 is 1.25 bits per heavy atom. The summed E-state index contributed by atoms with van der Waals surface area (Å²) in [7, 11) is 0. The molecule has 0 bridgehead atoms. The molecule has 7 nitrogen and oxygen atoms in total. The van der Waals surface area contributed by atoms with Gasteiger partial charge in [-0.1, -0.05) is 22.0 Å². The Morgan fingerprint density at radius 2 is 1.88 bits per heavy atom. The van der Waals surface area contributed by atoms with Gasteiger partial charge >= 0.3 is 17.9 Å². The van der Waals surface area contributed by atoms with Crippen molar-refractivity contribution < 1.29 is 29.0 Å². The van der Waals surface area contributed by atoms with Gasteiger partial charge in [0.2, 0.25) is 0 Å². The van der Waals surface area contributed by atoms with E-state index in [2.05, 4.69) is 21.2 Å². The van der Waals surface area contributed by atoms with Crippen molar-refractivity contribution in [2.24, 2.45) is 0 Å². The van der Waals surface area contributed by atoms with Crippen LogP contribution in [0.3, 0.4) is 0 Å². The normalized spacial score (nSPS) is 16.5. The third kappa shape index (κ3) is 4.45. The van der Waals surface area contributed by atoms with Gasteiger partial charge in [-0.05, 0) is 23.8 Å². The van der Waals surface area contributed by atoms with Crippen LogP contribution in [0.4, 0.5) is 5.69 Å². The lowest BCUT2D eigenvalue weighted by atomic mass is 10.1. The zero-order valence-electron chi connectivity index (χ0n) is 12.8. The van der Waals surface area contributed by atoms with Crippen LogP contribution < -0.4 is 5.32 Å². The minimum Gasteiger partial charge on any atom is -0.478 e. The summed E-state index contributed by atoms with van der Waals surface area (Å²) in [6.45, 7) is 2.91. The molecule has 2 rings (SSSR count). The number of carbonyl (C=O) groups excluding carboxylic acids is 2. The maximum Gasteiger partial charge on any atom is 0.350 e. The lowest BCUT2D eigenvalue weighted by Gasteiger charge is -2.29. The zero-order chi connectivity index (χ0) is 17.9. The number of aliphatic carboxylic acids is 1. The van der Waals surface area contributed by atoms with Gasteiger partial charge < -0.3 is 19.9 Å². The van der Waals surface area contributed by atoms with Gasteiger partial charge in [0, 0.05) is 36.3 Å². The number of ether oxygens (including phenoxy) is 2. The summed E-state index contributed by atoms with van der Waals surface area (Å²) in [4.78, 5) is 34.4. The SMILES string of the molecule is CC1(C)OC(=O)C(=CNc2cc(Br)ccc2C=CC(=O)O)C(=O)O1. The zero-order valence-corrected chi connectivity index (χ0v) is 14.4. The van der Waals surface area contributed by atoms with Gasteiger partial charge in [-0.2, -0.15) is 0 Å². The van der Waals surface area contributed by atoms with Crippen LogP contribution in [-0.2, 0) is 23.9 Å². The molecular formula is C16H14BrNO6. The molecule has 8 heteroatoms. The molecule has 0 atom stereocenters. The molecule has 1 aliphatic heterocycles. The van der Waals surface area contributed by atoms with E-state index in [1.165, 1.54) is 26.1 Å². The number of cyclic esters (lactones) is 2. The van der Waals surface area contributed by atoms with E-state index >= 15 is 0 Å². The van der Waals surface area contributed by atoms with Gasteiger partial charge in [-0.25, -0.2) is 14.4 Å². The van der Waals surface area contributed by atoms with Gasteiger partial charge in [0.25, 0.3) is 5.79 Å². The van der Waals surface area contributed by atoms with Crippen LogP contribution in [-0.4, -0.2) is 28.8 Å². The highest BCUT2D eigenvalue weighted by molar-refractivity contribution is 9.10. The van der Waals surface area contributed by atoms with Crippen molar-refractivity contribution in [3.8, 4) is 0 Å². The number of carboxylic acid groups (broad SMARTS) is 1. The number of halogens is 1. The second-order valence-electron chi connectivity index (χ2n) is 5.28. The molecule has 0 radical (unpaired) electrons. The maximum atomic E-state index is 11.9. The second kappa shape index (κ2) is 6.88. The fourth-order valence-electron chi connectivity index (χ4n) is 1.89. The average molecular weight is 396 g/mol. The summed E-state index contributed by atoms with van der Waals surface area (Å²) in [5, 5.41) is 11.5. The average Bonchev–Trinajstić information content (AvgIpc) is 2.44. The van der Waals surface area contributed by atoms with E-state index in [9.17, 15) is 14.4 Å². The van der Waals surface area contributed by atoms with E-state index < -0.39 is 23.7 Å². The topological polar surface area (TPSA) is 102 Å². The number of hydrogen-bond donors (Lipinski definition) is 2. The van der Waals surface area contributed by atoms with Crippen molar-refractivity contribution in [1.82, 2.24) is 0 Å². The van der Waals surface area contributed by atoms with Gasteiger partial charge in [0.1, 0.15) is 0 Å². The number of carbonyl (C=O) groups is 3. The molecule has 0 aliphatic carbocycles. The first kappa shape index (κ1) is 17.7. The number of carboxylic acids is 1. The summed E-state index contributed by atoms with van der Waals surface area (Å²) in [6, 6.07) is 5.07. The minimum absolute atomic E-state index is 0.289. The molecule has 0 aromatic heterocycles. The summed E-state index contributed by atoms with van der Waals surface area (Å²) >= 11 is 3.30. The summed E-state index contributed by atoms with van der Waals surface area (Å²) in [6.07, 6.45) is 3.53. The van der Waals surface area contributed by atoms with E-state index in [0.29, 0.717) is 11.3 Å². The smallest absolute Gasteiger partial charge is 0.350 e. The Balaban J connectivity index is 2.28. The molecule has 2 N–H and O–H groups in total. The number of esters is 2. The molecular weight excluding hydrogens is 382 g/mol. The van der Waals surface area contributed by atoms with Crippen LogP contribution in [0.2, 0.25) is 0 Å². The van der Waals surface area contributed by atoms with Crippen molar-refractivity contribution in [3.63, 3.8) is 0 Å². The highest BCUT2D eigenvalue weighted by Crippen LogP contribution is 2.25. The Hall–Kier alpha value is -2.61. The third-order valence-corrected chi connectivity index (χ3v) is 3.40. The number of benzene rings is 1. The Kier molecular flexibility index (Phi) is 5.08. The van der Waals surface area contributed by atoms with Crippen molar-refractivity contribution in [1.29, 1.82) is 0 Å². The van der Waals surface area contributed by atoms with E-state index in [0.717, 1.165) is 10.5 Å². The molecule has 1 aromatic carbocycles. The number of anilines is 1. The lowest BCUT2D eigenvalue weighted by molar-refractivity contribution is -0.222. The van der Waals surface area contributed by atoms with Crippen LogP contribution in [0.1, 0.15) is 19.4 Å². The predicted octanol–water partition coefficient (Wildman–Crippen LogP) is 2.68. The second-order valence-corrected chi connectivity index (χ2v) is 6.20. The molecule has 1 fully saturated rings. The highest BCUT2D eigenvalue weighted by Gasteiger charge is 2.38. The largest absolute Gasteiger partial charge is 0.478 e. The van der Waals surface area contributed by atoms with Crippen molar-refractivity contribution >= 4 is 45.6 Å². The van der Waals surface area contributed by atoms with Crippen molar-refractivity contribution in [2.75, 3.05) is 5.32 Å². The van der Waals surface area contributed by atoms with Gasteiger partial charge in [-0.15, -0.1) is 0 Å². The highest BCUT2D eigenvalue weighted by atomic mass is 79.9. The number of hydrogen-bond acceptors (Lipinski definition) is 6. The van der Waals surface area contributed by atoms with E-state index in [1.54, 1.807) is 18.2 Å². The molecule has 126 valence electrons. The third-order valence-electron chi connectivity index (χ3n) is 2.91. The summed E-state index contributed by atoms with van der Waals surface area (Å²) in [5.74, 6) is -4.01. The van der Waals surface area contributed by atoms with Crippen LogP contribution >= 0.6 is 15.9 Å². The molecule has 0 amide bonds. The maximum absolute atomic E-state index is 11.9. The van der Waals surface area contributed by atoms with Crippen LogP contribution in [0.25, 0.3) is 6.08 Å². The molecule has 1 heterocycles. The van der Waals surface area contributed by atoms with Crippen LogP contribution in [0.15, 0.2) is 40.5 Å². The first-order valence-corrected chi connectivity index (χ1v) is 7.61. The Bertz CT molecular complexity index is 744. The molecule has 0 spiro atoms. The van der Waals surface area contributed by atoms with E-state index in [4.69, 9.17) is 14.6 Å². The monoisotopic (exact) mass is 395 g/mol. The molecule has 1 saturated heterocycles. The quantitative estimate of drug-likeness (QED) is 0.458. The minimum atomic E-state index is -1.31. The molecule has 0 unspecified atom stereocenters.